The lowest BCUT2D eigenvalue weighted by Crippen LogP contribution is -2.49. The van der Waals surface area contributed by atoms with Gasteiger partial charge in [0.1, 0.15) is 0 Å². The Morgan fingerprint density at radius 3 is 2.39 bits per heavy atom. The van der Waals surface area contributed by atoms with Crippen molar-refractivity contribution in [2.45, 2.75) is 11.4 Å². The van der Waals surface area contributed by atoms with E-state index in [1.54, 1.807) is 9.80 Å². The molecule has 1 atom stereocenters. The summed E-state index contributed by atoms with van der Waals surface area (Å²) < 4.78 is 5.44. The molecule has 33 heavy (non-hydrogen) atoms. The Morgan fingerprint density at radius 1 is 0.909 bits per heavy atom. The molecule has 1 spiro atoms. The van der Waals surface area contributed by atoms with E-state index in [4.69, 9.17) is 4.52 Å². The zero-order valence-corrected chi connectivity index (χ0v) is 18.2. The first-order valence-electron chi connectivity index (χ1n) is 10.5. The highest BCUT2D eigenvalue weighted by molar-refractivity contribution is 8.02. The lowest BCUT2D eigenvalue weighted by atomic mass is 10.0. The van der Waals surface area contributed by atoms with E-state index in [-0.39, 0.29) is 24.1 Å². The van der Waals surface area contributed by atoms with Crippen molar-refractivity contribution in [1.82, 2.24) is 10.1 Å². The fourth-order valence-corrected chi connectivity index (χ4v) is 5.81. The number of benzene rings is 3. The van der Waals surface area contributed by atoms with Gasteiger partial charge in [-0.05, 0) is 30.3 Å². The normalized spacial score (nSPS) is 19.5. The Hall–Kier alpha value is -3.91. The summed E-state index contributed by atoms with van der Waals surface area (Å²) in [5, 5.41) is 4.10. The summed E-state index contributed by atoms with van der Waals surface area (Å²) in [7, 11) is 0. The van der Waals surface area contributed by atoms with Crippen LogP contribution in [0.1, 0.15) is 11.4 Å². The summed E-state index contributed by atoms with van der Waals surface area (Å²) in [5.41, 5.74) is 3.05. The van der Waals surface area contributed by atoms with E-state index in [0.29, 0.717) is 17.4 Å². The summed E-state index contributed by atoms with van der Waals surface area (Å²) in [5.74, 6) is 0.742. The smallest absolute Gasteiger partial charge is 0.269 e. The van der Waals surface area contributed by atoms with Crippen molar-refractivity contribution in [2.75, 3.05) is 15.6 Å². The molecule has 0 N–H and O–H groups in total. The van der Waals surface area contributed by atoms with Crippen LogP contribution in [0.25, 0.3) is 11.5 Å². The minimum absolute atomic E-state index is 0.0953. The van der Waals surface area contributed by atoms with Gasteiger partial charge in [0.2, 0.25) is 10.8 Å². The maximum Gasteiger partial charge on any atom is 0.269 e. The molecule has 2 aliphatic rings. The molecule has 1 fully saturated rings. The molecule has 0 radical (unpaired) electrons. The van der Waals surface area contributed by atoms with E-state index >= 15 is 0 Å². The number of thioether (sulfide) groups is 1. The SMILES string of the molecule is O=C1CSC2(C(=O)N(Cc3noc(-c4ccccc4)n3)c3ccccc32)N1c1ccccc1. The van der Waals surface area contributed by atoms with E-state index in [0.717, 1.165) is 16.8 Å². The minimum atomic E-state index is -1.15. The highest BCUT2D eigenvalue weighted by Crippen LogP contribution is 2.55. The molecule has 2 amide bonds. The van der Waals surface area contributed by atoms with Crippen LogP contribution in [-0.2, 0) is 21.0 Å². The van der Waals surface area contributed by atoms with E-state index in [9.17, 15) is 9.59 Å². The van der Waals surface area contributed by atoms with Crippen LogP contribution in [0.4, 0.5) is 11.4 Å². The molecule has 2 aliphatic heterocycles. The van der Waals surface area contributed by atoms with Gasteiger partial charge in [0.05, 0.1) is 18.0 Å². The molecule has 0 saturated carbocycles. The van der Waals surface area contributed by atoms with Crippen molar-refractivity contribution in [3.8, 4) is 11.5 Å². The standard InChI is InChI=1S/C25H18N4O3S/c30-22-16-33-25(29(22)18-11-5-2-6-12-18)19-13-7-8-14-20(19)28(24(25)31)15-21-26-23(32-27-21)17-9-3-1-4-10-17/h1-14H,15-16H2. The number of para-hydroxylation sites is 2. The number of hydrogen-bond donors (Lipinski definition) is 0. The Labute approximate surface area is 194 Å². The largest absolute Gasteiger partial charge is 0.334 e. The van der Waals surface area contributed by atoms with Gasteiger partial charge in [0, 0.05) is 16.8 Å². The first-order chi connectivity index (χ1) is 16.2. The number of carbonyl (C=O) groups is 2. The molecule has 0 aliphatic carbocycles. The average molecular weight is 455 g/mol. The lowest BCUT2D eigenvalue weighted by Gasteiger charge is -2.33. The molecule has 8 heteroatoms. The monoisotopic (exact) mass is 454 g/mol. The van der Waals surface area contributed by atoms with E-state index < -0.39 is 4.87 Å². The third kappa shape index (κ3) is 2.98. The second-order valence-corrected chi connectivity index (χ2v) is 8.96. The summed E-state index contributed by atoms with van der Waals surface area (Å²) in [6.45, 7) is 0.144. The average Bonchev–Trinajstić information content (AvgIpc) is 3.53. The van der Waals surface area contributed by atoms with Gasteiger partial charge in [-0.15, -0.1) is 11.8 Å². The van der Waals surface area contributed by atoms with Gasteiger partial charge in [0.25, 0.3) is 11.8 Å². The van der Waals surface area contributed by atoms with Gasteiger partial charge in [-0.25, -0.2) is 0 Å². The maximum atomic E-state index is 14.0. The van der Waals surface area contributed by atoms with Crippen LogP contribution in [-0.4, -0.2) is 27.7 Å². The van der Waals surface area contributed by atoms with Crippen molar-refractivity contribution < 1.29 is 14.1 Å². The second kappa shape index (κ2) is 7.60. The van der Waals surface area contributed by atoms with Crippen molar-refractivity contribution in [2.24, 2.45) is 0 Å². The molecule has 162 valence electrons. The van der Waals surface area contributed by atoms with E-state index in [1.165, 1.54) is 11.8 Å². The van der Waals surface area contributed by atoms with Crippen LogP contribution >= 0.6 is 11.8 Å². The number of hydrogen-bond acceptors (Lipinski definition) is 6. The minimum Gasteiger partial charge on any atom is -0.334 e. The zero-order valence-electron chi connectivity index (χ0n) is 17.4. The predicted molar refractivity (Wildman–Crippen MR) is 125 cm³/mol. The van der Waals surface area contributed by atoms with Crippen LogP contribution in [0, 0.1) is 0 Å². The molecule has 6 rings (SSSR count). The van der Waals surface area contributed by atoms with E-state index in [1.807, 2.05) is 84.9 Å². The third-order valence-corrected chi connectivity index (χ3v) is 7.25. The molecule has 1 saturated heterocycles. The lowest BCUT2D eigenvalue weighted by molar-refractivity contribution is -0.123. The predicted octanol–water partition coefficient (Wildman–Crippen LogP) is 4.22. The fraction of sp³-hybridized carbons (Fsp3) is 0.120. The van der Waals surface area contributed by atoms with Gasteiger partial charge in [-0.2, -0.15) is 4.98 Å². The Bertz CT molecular complexity index is 1360. The van der Waals surface area contributed by atoms with Crippen LogP contribution in [0.3, 0.4) is 0 Å². The van der Waals surface area contributed by atoms with E-state index in [2.05, 4.69) is 10.1 Å². The van der Waals surface area contributed by atoms with Crippen LogP contribution < -0.4 is 9.80 Å². The van der Waals surface area contributed by atoms with Crippen molar-refractivity contribution in [3.63, 3.8) is 0 Å². The number of aromatic nitrogens is 2. The Morgan fingerprint density at radius 2 is 1.61 bits per heavy atom. The van der Waals surface area contributed by atoms with Crippen molar-refractivity contribution in [1.29, 1.82) is 0 Å². The number of nitrogens with zero attached hydrogens (tertiary/aromatic N) is 4. The van der Waals surface area contributed by atoms with Crippen LogP contribution in [0.15, 0.2) is 89.5 Å². The number of amides is 2. The quantitative estimate of drug-likeness (QED) is 0.460. The number of fused-ring (bicyclic) bond motifs is 2. The zero-order chi connectivity index (χ0) is 22.4. The summed E-state index contributed by atoms with van der Waals surface area (Å²) >= 11 is 1.35. The molecule has 4 aromatic rings. The Balaban J connectivity index is 1.41. The molecule has 3 heterocycles. The molecule has 1 aromatic heterocycles. The maximum absolute atomic E-state index is 14.0. The number of rotatable bonds is 4. The van der Waals surface area contributed by atoms with Crippen LogP contribution in [0.5, 0.6) is 0 Å². The first kappa shape index (κ1) is 19.8. The number of anilines is 2. The summed E-state index contributed by atoms with van der Waals surface area (Å²) in [4.78, 5) is 33.7. The summed E-state index contributed by atoms with van der Waals surface area (Å²) in [6.07, 6.45) is 0. The molecular formula is C25H18N4O3S. The van der Waals surface area contributed by atoms with Crippen LogP contribution in [0.2, 0.25) is 0 Å². The highest BCUT2D eigenvalue weighted by Gasteiger charge is 2.61. The van der Waals surface area contributed by atoms with Crippen molar-refractivity contribution >= 4 is 35.0 Å². The highest BCUT2D eigenvalue weighted by atomic mass is 32.2. The van der Waals surface area contributed by atoms with Gasteiger partial charge in [0.15, 0.2) is 5.82 Å². The van der Waals surface area contributed by atoms with Crippen molar-refractivity contribution in [3.05, 3.63) is 96.3 Å². The van der Waals surface area contributed by atoms with Gasteiger partial charge >= 0.3 is 0 Å². The molecule has 1 unspecified atom stereocenters. The summed E-state index contributed by atoms with van der Waals surface area (Å²) in [6, 6.07) is 26.4. The Kier molecular flexibility index (Phi) is 4.55. The van der Waals surface area contributed by atoms with Gasteiger partial charge in [-0.1, -0.05) is 59.8 Å². The molecule has 7 nitrogen and oxygen atoms in total. The first-order valence-corrected chi connectivity index (χ1v) is 11.5. The second-order valence-electron chi connectivity index (χ2n) is 7.79. The molecular weight excluding hydrogens is 436 g/mol. The topological polar surface area (TPSA) is 79.5 Å². The van der Waals surface area contributed by atoms with Gasteiger partial charge < -0.3 is 9.42 Å². The molecule has 3 aromatic carbocycles. The third-order valence-electron chi connectivity index (χ3n) is 5.87. The fourth-order valence-electron chi connectivity index (χ4n) is 4.45. The molecule has 0 bridgehead atoms. The van der Waals surface area contributed by atoms with Gasteiger partial charge in [-0.3, -0.25) is 14.5 Å². The number of carbonyl (C=O) groups excluding carboxylic acids is 2.